The molecular formula is C25H21N3O5S. The minimum Gasteiger partial charge on any atom is -0.476 e. The zero-order valence-electron chi connectivity index (χ0n) is 18.0. The van der Waals surface area contributed by atoms with Crippen molar-refractivity contribution in [3.8, 4) is 23.0 Å². The minimum absolute atomic E-state index is 0.00886. The highest BCUT2D eigenvalue weighted by Crippen LogP contribution is 2.44. The van der Waals surface area contributed by atoms with E-state index in [-0.39, 0.29) is 31.3 Å². The average Bonchev–Trinajstić information content (AvgIpc) is 3.44. The molecule has 0 fully saturated rings. The number of ether oxygens (including phenoxy) is 1. The normalized spacial score (nSPS) is 11.5. The molecule has 4 rings (SSSR count). The summed E-state index contributed by atoms with van der Waals surface area (Å²) in [5.41, 5.74) is 4.56. The van der Waals surface area contributed by atoms with Crippen LogP contribution in [-0.2, 0) is 16.0 Å². The predicted octanol–water partition coefficient (Wildman–Crippen LogP) is 3.04. The van der Waals surface area contributed by atoms with E-state index in [1.807, 2.05) is 36.4 Å². The fourth-order valence-corrected chi connectivity index (χ4v) is 4.51. The number of rotatable bonds is 7. The van der Waals surface area contributed by atoms with E-state index in [0.717, 1.165) is 22.3 Å². The van der Waals surface area contributed by atoms with E-state index >= 15 is 0 Å². The third kappa shape index (κ3) is 5.42. The second-order valence-corrected chi connectivity index (χ2v) is 8.36. The van der Waals surface area contributed by atoms with Crippen LogP contribution >= 0.6 is 11.3 Å². The van der Waals surface area contributed by atoms with Crippen LogP contribution in [0.5, 0.6) is 0 Å². The molecule has 8 nitrogen and oxygen atoms in total. The lowest BCUT2D eigenvalue weighted by Gasteiger charge is -2.14. The van der Waals surface area contributed by atoms with E-state index in [1.54, 1.807) is 0 Å². The van der Waals surface area contributed by atoms with Gasteiger partial charge in [-0.15, -0.1) is 11.3 Å². The van der Waals surface area contributed by atoms with E-state index in [1.165, 1.54) is 16.7 Å². The van der Waals surface area contributed by atoms with Crippen molar-refractivity contribution in [1.29, 1.82) is 0 Å². The molecule has 0 unspecified atom stereocenters. The monoisotopic (exact) mass is 475 g/mol. The first-order chi connectivity index (χ1) is 16.5. The van der Waals surface area contributed by atoms with Gasteiger partial charge in [0.2, 0.25) is 0 Å². The Kier molecular flexibility index (Phi) is 7.20. The number of aromatic carboxylic acids is 1. The number of carboxylic acid groups (broad SMARTS) is 1. The molecule has 0 bridgehead atoms. The molecular weight excluding hydrogens is 454 g/mol. The third-order valence-electron chi connectivity index (χ3n) is 5.26. The van der Waals surface area contributed by atoms with Gasteiger partial charge in [0.25, 0.3) is 5.91 Å². The molecule has 0 saturated heterocycles. The van der Waals surface area contributed by atoms with Gasteiger partial charge in [-0.2, -0.15) is 0 Å². The summed E-state index contributed by atoms with van der Waals surface area (Å²) in [5, 5.41) is 16.0. The average molecular weight is 476 g/mol. The number of carbonyl (C=O) groups is 3. The van der Waals surface area contributed by atoms with Gasteiger partial charge in [-0.25, -0.2) is 14.6 Å². The van der Waals surface area contributed by atoms with Crippen LogP contribution in [0.25, 0.3) is 11.1 Å². The largest absolute Gasteiger partial charge is 0.476 e. The van der Waals surface area contributed by atoms with E-state index in [0.29, 0.717) is 11.4 Å². The Hall–Kier alpha value is -4.16. The molecule has 3 aromatic rings. The summed E-state index contributed by atoms with van der Waals surface area (Å²) < 4.78 is 5.41. The SMILES string of the molecule is O=C(C#CCNC(=O)OCC1c2ccccc2-c2ccccc21)NCCc1nc(C(=O)O)cs1. The standard InChI is InChI=1S/C25H21N3O5S/c29-22(26-13-11-23-28-21(15-34-23)24(30)31)10-5-12-27-25(32)33-14-20-18-8-3-1-6-16(18)17-7-2-4-9-19(17)20/h1-4,6-9,15,20H,11-14H2,(H,26,29)(H,27,32)(H,30,31). The van der Waals surface area contributed by atoms with Crippen LogP contribution in [0.15, 0.2) is 53.9 Å². The molecule has 1 aliphatic rings. The number of fused-ring (bicyclic) bond motifs is 3. The molecule has 1 heterocycles. The number of carbonyl (C=O) groups excluding carboxylic acids is 2. The molecule has 0 atom stereocenters. The highest BCUT2D eigenvalue weighted by atomic mass is 32.1. The van der Waals surface area contributed by atoms with E-state index in [2.05, 4.69) is 39.6 Å². The fraction of sp³-hybridized carbons (Fsp3) is 0.200. The molecule has 0 spiro atoms. The van der Waals surface area contributed by atoms with Crippen molar-refractivity contribution in [3.63, 3.8) is 0 Å². The van der Waals surface area contributed by atoms with Crippen molar-refractivity contribution in [2.24, 2.45) is 0 Å². The molecule has 2 amide bonds. The van der Waals surface area contributed by atoms with E-state index < -0.39 is 18.0 Å². The Morgan fingerprint density at radius 3 is 2.35 bits per heavy atom. The number of hydrogen-bond donors (Lipinski definition) is 3. The van der Waals surface area contributed by atoms with Gasteiger partial charge < -0.3 is 20.5 Å². The Labute approximate surface area is 200 Å². The highest BCUT2D eigenvalue weighted by molar-refractivity contribution is 7.09. The molecule has 0 aliphatic heterocycles. The summed E-state index contributed by atoms with van der Waals surface area (Å²) in [7, 11) is 0. The zero-order chi connectivity index (χ0) is 23.9. The lowest BCUT2D eigenvalue weighted by molar-refractivity contribution is -0.115. The van der Waals surface area contributed by atoms with Gasteiger partial charge in [-0.05, 0) is 28.2 Å². The summed E-state index contributed by atoms with van der Waals surface area (Å²) in [6.07, 6.45) is -0.196. The first-order valence-corrected chi connectivity index (χ1v) is 11.4. The molecule has 0 saturated carbocycles. The topological polar surface area (TPSA) is 118 Å². The van der Waals surface area contributed by atoms with Crippen LogP contribution in [0, 0.1) is 11.8 Å². The van der Waals surface area contributed by atoms with Crippen molar-refractivity contribution in [2.45, 2.75) is 12.3 Å². The lowest BCUT2D eigenvalue weighted by atomic mass is 9.98. The Morgan fingerprint density at radius 2 is 1.71 bits per heavy atom. The van der Waals surface area contributed by atoms with Crippen LogP contribution in [0.3, 0.4) is 0 Å². The van der Waals surface area contributed by atoms with Crippen molar-refractivity contribution < 1.29 is 24.2 Å². The van der Waals surface area contributed by atoms with Gasteiger partial charge in [0, 0.05) is 24.3 Å². The van der Waals surface area contributed by atoms with Gasteiger partial charge >= 0.3 is 12.1 Å². The lowest BCUT2D eigenvalue weighted by Crippen LogP contribution is -2.27. The maximum absolute atomic E-state index is 12.1. The van der Waals surface area contributed by atoms with E-state index in [9.17, 15) is 14.4 Å². The number of benzene rings is 2. The number of amides is 2. The van der Waals surface area contributed by atoms with Crippen LogP contribution < -0.4 is 10.6 Å². The van der Waals surface area contributed by atoms with E-state index in [4.69, 9.17) is 9.84 Å². The molecule has 0 radical (unpaired) electrons. The molecule has 34 heavy (non-hydrogen) atoms. The smallest absolute Gasteiger partial charge is 0.407 e. The van der Waals surface area contributed by atoms with Crippen LogP contribution in [-0.4, -0.2) is 47.8 Å². The quantitative estimate of drug-likeness (QED) is 0.452. The number of nitrogens with zero attached hydrogens (tertiary/aromatic N) is 1. The summed E-state index contributed by atoms with van der Waals surface area (Å²) in [5.74, 6) is 3.36. The summed E-state index contributed by atoms with van der Waals surface area (Å²) in [6, 6.07) is 16.2. The van der Waals surface area contributed by atoms with Gasteiger partial charge in [0.1, 0.15) is 6.61 Å². The molecule has 172 valence electrons. The van der Waals surface area contributed by atoms with Crippen LogP contribution in [0.4, 0.5) is 4.79 Å². The second-order valence-electron chi connectivity index (χ2n) is 7.42. The number of aromatic nitrogens is 1. The molecule has 3 N–H and O–H groups in total. The Balaban J connectivity index is 1.19. The number of nitrogens with one attached hydrogen (secondary N) is 2. The van der Waals surface area contributed by atoms with Gasteiger partial charge in [0.15, 0.2) is 5.69 Å². The fourth-order valence-electron chi connectivity index (χ4n) is 3.74. The van der Waals surface area contributed by atoms with Crippen molar-refractivity contribution in [2.75, 3.05) is 19.7 Å². The molecule has 9 heteroatoms. The van der Waals surface area contributed by atoms with Gasteiger partial charge in [-0.3, -0.25) is 4.79 Å². The van der Waals surface area contributed by atoms with Gasteiger partial charge in [-0.1, -0.05) is 54.5 Å². The van der Waals surface area contributed by atoms with Gasteiger partial charge in [0.05, 0.1) is 11.6 Å². The third-order valence-corrected chi connectivity index (χ3v) is 6.17. The number of alkyl carbamates (subject to hydrolysis) is 1. The maximum Gasteiger partial charge on any atom is 0.407 e. The van der Waals surface area contributed by atoms with Crippen molar-refractivity contribution >= 4 is 29.3 Å². The van der Waals surface area contributed by atoms with Crippen LogP contribution in [0.2, 0.25) is 0 Å². The molecule has 1 aliphatic carbocycles. The van der Waals surface area contributed by atoms with Crippen molar-refractivity contribution in [1.82, 2.24) is 15.6 Å². The minimum atomic E-state index is -1.08. The first-order valence-electron chi connectivity index (χ1n) is 10.6. The van der Waals surface area contributed by atoms with Crippen LogP contribution in [0.1, 0.15) is 32.5 Å². The Bertz CT molecular complexity index is 1250. The second kappa shape index (κ2) is 10.6. The molecule has 1 aromatic heterocycles. The zero-order valence-corrected chi connectivity index (χ0v) is 18.9. The maximum atomic E-state index is 12.1. The number of hydrogen-bond acceptors (Lipinski definition) is 6. The number of carboxylic acids is 1. The summed E-state index contributed by atoms with van der Waals surface area (Å²) >= 11 is 1.22. The van der Waals surface area contributed by atoms with Crippen molar-refractivity contribution in [3.05, 3.63) is 75.7 Å². The number of thiazole rings is 1. The summed E-state index contributed by atoms with van der Waals surface area (Å²) in [6.45, 7) is 0.451. The Morgan fingerprint density at radius 1 is 1.03 bits per heavy atom. The predicted molar refractivity (Wildman–Crippen MR) is 127 cm³/mol. The summed E-state index contributed by atoms with van der Waals surface area (Å²) in [4.78, 5) is 38.6. The highest BCUT2D eigenvalue weighted by Gasteiger charge is 2.28. The first kappa shape index (κ1) is 23.0. The molecule has 2 aromatic carbocycles.